The number of aromatic amines is 1. The van der Waals surface area contributed by atoms with Crippen LogP contribution in [-0.2, 0) is 13.0 Å². The highest BCUT2D eigenvalue weighted by Gasteiger charge is 2.09. The number of fused-ring (bicyclic) bond motifs is 1. The van der Waals surface area contributed by atoms with E-state index in [1.54, 1.807) is 11.3 Å². The van der Waals surface area contributed by atoms with Crippen LogP contribution in [-0.4, -0.2) is 21.2 Å². The van der Waals surface area contributed by atoms with E-state index in [0.717, 1.165) is 28.9 Å². The fourth-order valence-corrected chi connectivity index (χ4v) is 3.28. The van der Waals surface area contributed by atoms with E-state index in [4.69, 9.17) is 11.6 Å². The van der Waals surface area contributed by atoms with E-state index in [1.165, 1.54) is 4.70 Å². The van der Waals surface area contributed by atoms with Crippen molar-refractivity contribution in [2.75, 3.05) is 0 Å². The average molecular weight is 321 g/mol. The SMILES string of the molecule is Cc1cc(CC(C)NCc2cc3sccc3nc2Cl)n[nH]1. The number of H-pyrrole nitrogens is 1. The first kappa shape index (κ1) is 14.5. The van der Waals surface area contributed by atoms with Crippen LogP contribution < -0.4 is 5.32 Å². The third-order valence-electron chi connectivity index (χ3n) is 3.38. The van der Waals surface area contributed by atoms with Gasteiger partial charge in [-0.3, -0.25) is 5.10 Å². The Morgan fingerprint density at radius 1 is 1.43 bits per heavy atom. The maximum absolute atomic E-state index is 6.24. The maximum atomic E-state index is 6.24. The Balaban J connectivity index is 1.64. The lowest BCUT2D eigenvalue weighted by Crippen LogP contribution is -2.27. The molecule has 6 heteroatoms. The van der Waals surface area contributed by atoms with Crippen LogP contribution in [0.15, 0.2) is 23.6 Å². The molecule has 0 spiro atoms. The zero-order valence-electron chi connectivity index (χ0n) is 12.0. The zero-order chi connectivity index (χ0) is 14.8. The number of pyridine rings is 1. The largest absolute Gasteiger partial charge is 0.310 e. The number of rotatable bonds is 5. The molecule has 0 aliphatic heterocycles. The van der Waals surface area contributed by atoms with Gasteiger partial charge in [0.1, 0.15) is 5.15 Å². The lowest BCUT2D eigenvalue weighted by atomic mass is 10.1. The monoisotopic (exact) mass is 320 g/mol. The third-order valence-corrected chi connectivity index (χ3v) is 4.56. The van der Waals surface area contributed by atoms with Gasteiger partial charge in [0, 0.05) is 30.3 Å². The fraction of sp³-hybridized carbons (Fsp3) is 0.333. The third kappa shape index (κ3) is 3.43. The highest BCUT2D eigenvalue weighted by atomic mass is 35.5. The molecule has 0 radical (unpaired) electrons. The van der Waals surface area contributed by atoms with E-state index in [1.807, 2.05) is 18.4 Å². The highest BCUT2D eigenvalue weighted by molar-refractivity contribution is 7.17. The number of hydrogen-bond donors (Lipinski definition) is 2. The Kier molecular flexibility index (Phi) is 4.24. The van der Waals surface area contributed by atoms with E-state index < -0.39 is 0 Å². The minimum atomic E-state index is 0.322. The van der Waals surface area contributed by atoms with Crippen LogP contribution in [0.3, 0.4) is 0 Å². The second kappa shape index (κ2) is 6.13. The van der Waals surface area contributed by atoms with Gasteiger partial charge in [-0.1, -0.05) is 11.6 Å². The Morgan fingerprint density at radius 2 is 2.29 bits per heavy atom. The van der Waals surface area contributed by atoms with E-state index in [-0.39, 0.29) is 0 Å². The molecule has 0 fully saturated rings. The van der Waals surface area contributed by atoms with Gasteiger partial charge in [-0.05, 0) is 37.4 Å². The van der Waals surface area contributed by atoms with Crippen molar-refractivity contribution < 1.29 is 0 Å². The lowest BCUT2D eigenvalue weighted by Gasteiger charge is -2.13. The summed E-state index contributed by atoms with van der Waals surface area (Å²) in [5, 5.41) is 13.3. The predicted octanol–water partition coefficient (Wildman–Crippen LogP) is 3.70. The normalized spacial score (nSPS) is 12.9. The predicted molar refractivity (Wildman–Crippen MR) is 88.0 cm³/mol. The molecule has 1 atom stereocenters. The number of nitrogens with one attached hydrogen (secondary N) is 2. The minimum absolute atomic E-state index is 0.322. The second-order valence-corrected chi connectivity index (χ2v) is 6.58. The lowest BCUT2D eigenvalue weighted by molar-refractivity contribution is 0.539. The summed E-state index contributed by atoms with van der Waals surface area (Å²) in [6, 6.07) is 6.51. The Labute approximate surface area is 132 Å². The standard InChI is InChI=1S/C15H17ClN4S/c1-9(5-12-6-10(2)19-20-12)17-8-11-7-14-13(3-4-21-14)18-15(11)16/h3-4,6-7,9,17H,5,8H2,1-2H3,(H,19,20). The van der Waals surface area contributed by atoms with E-state index in [2.05, 4.69) is 39.6 Å². The van der Waals surface area contributed by atoms with Gasteiger partial charge >= 0.3 is 0 Å². The minimum Gasteiger partial charge on any atom is -0.310 e. The van der Waals surface area contributed by atoms with Gasteiger partial charge in [-0.2, -0.15) is 5.10 Å². The van der Waals surface area contributed by atoms with Gasteiger partial charge < -0.3 is 5.32 Å². The number of aromatic nitrogens is 3. The molecule has 3 aromatic heterocycles. The highest BCUT2D eigenvalue weighted by Crippen LogP contribution is 2.24. The molecule has 110 valence electrons. The molecule has 1 unspecified atom stereocenters. The maximum Gasteiger partial charge on any atom is 0.134 e. The molecule has 0 aliphatic carbocycles. The fourth-order valence-electron chi connectivity index (χ4n) is 2.28. The molecular formula is C15H17ClN4S. The molecule has 0 saturated heterocycles. The first-order chi connectivity index (χ1) is 10.1. The molecule has 3 heterocycles. The number of hydrogen-bond acceptors (Lipinski definition) is 4. The van der Waals surface area contributed by atoms with Crippen molar-refractivity contribution >= 4 is 33.2 Å². The van der Waals surface area contributed by atoms with Gasteiger partial charge in [-0.15, -0.1) is 11.3 Å². The van der Waals surface area contributed by atoms with Crippen molar-refractivity contribution in [1.29, 1.82) is 0 Å². The van der Waals surface area contributed by atoms with Gasteiger partial charge in [-0.25, -0.2) is 4.98 Å². The van der Waals surface area contributed by atoms with Gasteiger partial charge in [0.15, 0.2) is 0 Å². The first-order valence-corrected chi connectivity index (χ1v) is 8.14. The summed E-state index contributed by atoms with van der Waals surface area (Å²) in [5.41, 5.74) is 4.17. The molecule has 0 saturated carbocycles. The van der Waals surface area contributed by atoms with Gasteiger partial charge in [0.05, 0.1) is 15.9 Å². The topological polar surface area (TPSA) is 53.6 Å². The molecule has 0 bridgehead atoms. The molecule has 0 aromatic carbocycles. The average Bonchev–Trinajstić information content (AvgIpc) is 3.04. The summed E-state index contributed by atoms with van der Waals surface area (Å²) in [4.78, 5) is 4.42. The van der Waals surface area contributed by atoms with Crippen LogP contribution in [0.2, 0.25) is 5.15 Å². The second-order valence-electron chi connectivity index (χ2n) is 5.27. The summed E-state index contributed by atoms with van der Waals surface area (Å²) in [5.74, 6) is 0. The van der Waals surface area contributed by atoms with Crippen molar-refractivity contribution in [3.05, 3.63) is 45.7 Å². The Morgan fingerprint density at radius 3 is 3.05 bits per heavy atom. The van der Waals surface area contributed by atoms with E-state index in [0.29, 0.717) is 17.7 Å². The molecule has 21 heavy (non-hydrogen) atoms. The van der Waals surface area contributed by atoms with Crippen LogP contribution in [0, 0.1) is 6.92 Å². The number of nitrogens with zero attached hydrogens (tertiary/aromatic N) is 2. The van der Waals surface area contributed by atoms with Crippen molar-refractivity contribution in [1.82, 2.24) is 20.5 Å². The molecule has 2 N–H and O–H groups in total. The molecule has 3 aromatic rings. The van der Waals surface area contributed by atoms with Gasteiger partial charge in [0.2, 0.25) is 0 Å². The zero-order valence-corrected chi connectivity index (χ0v) is 13.6. The summed E-state index contributed by atoms with van der Waals surface area (Å²) in [6.45, 7) is 4.87. The first-order valence-electron chi connectivity index (χ1n) is 6.88. The quantitative estimate of drug-likeness (QED) is 0.705. The molecule has 0 aliphatic rings. The number of aryl methyl sites for hydroxylation is 1. The molecular weight excluding hydrogens is 304 g/mol. The van der Waals surface area contributed by atoms with E-state index in [9.17, 15) is 0 Å². The summed E-state index contributed by atoms with van der Waals surface area (Å²) in [7, 11) is 0. The molecule has 4 nitrogen and oxygen atoms in total. The Bertz CT molecular complexity index is 749. The summed E-state index contributed by atoms with van der Waals surface area (Å²) >= 11 is 7.93. The number of thiophene rings is 1. The molecule has 0 amide bonds. The van der Waals surface area contributed by atoms with Crippen molar-refractivity contribution in [2.24, 2.45) is 0 Å². The van der Waals surface area contributed by atoms with Gasteiger partial charge in [0.25, 0.3) is 0 Å². The van der Waals surface area contributed by atoms with E-state index >= 15 is 0 Å². The number of halogens is 1. The van der Waals surface area contributed by atoms with Crippen molar-refractivity contribution in [2.45, 2.75) is 32.9 Å². The van der Waals surface area contributed by atoms with Crippen LogP contribution in [0.25, 0.3) is 10.2 Å². The summed E-state index contributed by atoms with van der Waals surface area (Å²) < 4.78 is 1.17. The van der Waals surface area contributed by atoms with Crippen LogP contribution >= 0.6 is 22.9 Å². The van der Waals surface area contributed by atoms with Crippen LogP contribution in [0.1, 0.15) is 23.9 Å². The smallest absolute Gasteiger partial charge is 0.134 e. The van der Waals surface area contributed by atoms with Crippen LogP contribution in [0.5, 0.6) is 0 Å². The summed E-state index contributed by atoms with van der Waals surface area (Å²) in [6.07, 6.45) is 0.886. The van der Waals surface area contributed by atoms with Crippen molar-refractivity contribution in [3.63, 3.8) is 0 Å². The van der Waals surface area contributed by atoms with Crippen LogP contribution in [0.4, 0.5) is 0 Å². The molecule has 3 rings (SSSR count). The van der Waals surface area contributed by atoms with Crippen molar-refractivity contribution in [3.8, 4) is 0 Å². The Hall–Kier alpha value is -1.43.